The summed E-state index contributed by atoms with van der Waals surface area (Å²) in [7, 11) is -1.96. The fourth-order valence-electron chi connectivity index (χ4n) is 2.19. The molecule has 2 rings (SSSR count). The van der Waals surface area contributed by atoms with Gasteiger partial charge in [-0.3, -0.25) is 9.10 Å². The zero-order valence-electron chi connectivity index (χ0n) is 15.0. The summed E-state index contributed by atoms with van der Waals surface area (Å²) in [4.78, 5) is 24.3. The standard InChI is InChI=1S/C18H19ClN2O5S/c1-4-26-18(23)15-11-13(7-10-16(15)19)20-17(22)12-5-8-14(9-6-12)21(2)27(3,24)25/h5-11H,4H2,1-3H3,(H,20,22). The maximum Gasteiger partial charge on any atom is 0.339 e. The average molecular weight is 411 g/mol. The lowest BCUT2D eigenvalue weighted by atomic mass is 10.1. The second kappa shape index (κ2) is 8.41. The van der Waals surface area contributed by atoms with Gasteiger partial charge in [-0.2, -0.15) is 0 Å². The van der Waals surface area contributed by atoms with E-state index in [0.717, 1.165) is 10.6 Å². The van der Waals surface area contributed by atoms with Crippen LogP contribution in [0.2, 0.25) is 5.02 Å². The molecule has 0 spiro atoms. The zero-order chi connectivity index (χ0) is 20.2. The van der Waals surface area contributed by atoms with E-state index in [1.165, 1.54) is 43.4 Å². The first-order valence-electron chi connectivity index (χ1n) is 7.95. The molecule has 1 N–H and O–H groups in total. The molecule has 0 atom stereocenters. The summed E-state index contributed by atoms with van der Waals surface area (Å²) in [6.07, 6.45) is 1.09. The fourth-order valence-corrected chi connectivity index (χ4v) is 2.89. The first-order chi connectivity index (χ1) is 12.6. The van der Waals surface area contributed by atoms with Crippen LogP contribution in [0.4, 0.5) is 11.4 Å². The molecule has 0 heterocycles. The van der Waals surface area contributed by atoms with Crippen molar-refractivity contribution in [1.82, 2.24) is 0 Å². The third-order valence-corrected chi connectivity index (χ3v) is 5.25. The lowest BCUT2D eigenvalue weighted by Gasteiger charge is -2.16. The summed E-state index contributed by atoms with van der Waals surface area (Å²) in [5.41, 5.74) is 1.30. The van der Waals surface area contributed by atoms with E-state index in [-0.39, 0.29) is 17.2 Å². The molecule has 0 saturated heterocycles. The van der Waals surface area contributed by atoms with Gasteiger partial charge in [-0.05, 0) is 49.4 Å². The predicted octanol–water partition coefficient (Wildman–Crippen LogP) is 3.16. The highest BCUT2D eigenvalue weighted by Gasteiger charge is 2.15. The molecule has 27 heavy (non-hydrogen) atoms. The minimum absolute atomic E-state index is 0.154. The van der Waals surface area contributed by atoms with Gasteiger partial charge in [-0.15, -0.1) is 0 Å². The molecule has 0 fully saturated rings. The van der Waals surface area contributed by atoms with Crippen LogP contribution in [0.5, 0.6) is 0 Å². The summed E-state index contributed by atoms with van der Waals surface area (Å²) in [6.45, 7) is 1.89. The summed E-state index contributed by atoms with van der Waals surface area (Å²) >= 11 is 6.00. The monoisotopic (exact) mass is 410 g/mol. The van der Waals surface area contributed by atoms with Gasteiger partial charge in [0.05, 0.1) is 29.1 Å². The predicted molar refractivity (Wildman–Crippen MR) is 105 cm³/mol. The molecule has 0 radical (unpaired) electrons. The minimum atomic E-state index is -3.38. The van der Waals surface area contributed by atoms with Crippen LogP contribution in [-0.2, 0) is 14.8 Å². The molecule has 9 heteroatoms. The third kappa shape index (κ3) is 5.21. The Morgan fingerprint density at radius 1 is 1.15 bits per heavy atom. The Morgan fingerprint density at radius 2 is 1.78 bits per heavy atom. The van der Waals surface area contributed by atoms with Gasteiger partial charge in [0.2, 0.25) is 10.0 Å². The van der Waals surface area contributed by atoms with Crippen molar-refractivity contribution < 1.29 is 22.7 Å². The second-order valence-electron chi connectivity index (χ2n) is 5.65. The maximum absolute atomic E-state index is 12.4. The molecule has 1 amide bonds. The smallest absolute Gasteiger partial charge is 0.339 e. The number of carbonyl (C=O) groups is 2. The highest BCUT2D eigenvalue weighted by atomic mass is 35.5. The number of nitrogens with one attached hydrogen (secondary N) is 1. The molecule has 7 nitrogen and oxygen atoms in total. The van der Waals surface area contributed by atoms with Crippen LogP contribution in [0.25, 0.3) is 0 Å². The molecule has 0 aromatic heterocycles. The summed E-state index contributed by atoms with van der Waals surface area (Å²) in [6, 6.07) is 10.6. The van der Waals surface area contributed by atoms with E-state index in [4.69, 9.17) is 16.3 Å². The zero-order valence-corrected chi connectivity index (χ0v) is 16.6. The van der Waals surface area contributed by atoms with Crippen LogP contribution < -0.4 is 9.62 Å². The molecule has 0 aliphatic heterocycles. The van der Waals surface area contributed by atoms with Gasteiger partial charge in [-0.25, -0.2) is 13.2 Å². The number of esters is 1. The van der Waals surface area contributed by atoms with Crippen molar-refractivity contribution in [1.29, 1.82) is 0 Å². The number of hydrogen-bond donors (Lipinski definition) is 1. The Bertz CT molecular complexity index is 958. The van der Waals surface area contributed by atoms with Crippen LogP contribution in [0.15, 0.2) is 42.5 Å². The SMILES string of the molecule is CCOC(=O)c1cc(NC(=O)c2ccc(N(C)S(C)(=O)=O)cc2)ccc1Cl. The second-order valence-corrected chi connectivity index (χ2v) is 8.07. The summed E-state index contributed by atoms with van der Waals surface area (Å²) in [5.74, 6) is -0.993. The lowest BCUT2D eigenvalue weighted by molar-refractivity contribution is 0.0526. The minimum Gasteiger partial charge on any atom is -0.462 e. The third-order valence-electron chi connectivity index (χ3n) is 3.71. The van der Waals surface area contributed by atoms with Crippen LogP contribution in [0.1, 0.15) is 27.6 Å². The van der Waals surface area contributed by atoms with Crippen molar-refractivity contribution >= 4 is 44.9 Å². The van der Waals surface area contributed by atoms with Crippen molar-refractivity contribution in [2.45, 2.75) is 6.92 Å². The van der Waals surface area contributed by atoms with E-state index < -0.39 is 21.9 Å². The van der Waals surface area contributed by atoms with Crippen molar-refractivity contribution in [2.75, 3.05) is 29.5 Å². The number of amides is 1. The number of rotatable bonds is 6. The highest BCUT2D eigenvalue weighted by Crippen LogP contribution is 2.22. The molecule has 0 bridgehead atoms. The fraction of sp³-hybridized carbons (Fsp3) is 0.222. The van der Waals surface area contributed by atoms with E-state index in [1.807, 2.05) is 0 Å². The normalized spacial score (nSPS) is 11.0. The number of benzene rings is 2. The molecule has 0 saturated carbocycles. The van der Waals surface area contributed by atoms with E-state index >= 15 is 0 Å². The molecule has 0 aliphatic carbocycles. The number of anilines is 2. The van der Waals surface area contributed by atoms with Gasteiger partial charge in [0, 0.05) is 18.3 Å². The van der Waals surface area contributed by atoms with Crippen molar-refractivity contribution in [3.63, 3.8) is 0 Å². The van der Waals surface area contributed by atoms with Crippen LogP contribution in [0, 0.1) is 0 Å². The average Bonchev–Trinajstić information content (AvgIpc) is 2.62. The molecular formula is C18H19ClN2O5S. The summed E-state index contributed by atoms with van der Waals surface area (Å²) in [5, 5.41) is 2.89. The topological polar surface area (TPSA) is 92.8 Å². The Hall–Kier alpha value is -2.58. The number of sulfonamides is 1. The Balaban J connectivity index is 2.18. The first kappa shape index (κ1) is 20.7. The lowest BCUT2D eigenvalue weighted by Crippen LogP contribution is -2.24. The van der Waals surface area contributed by atoms with Crippen molar-refractivity contribution in [3.8, 4) is 0 Å². The Morgan fingerprint density at radius 3 is 2.33 bits per heavy atom. The van der Waals surface area contributed by atoms with Gasteiger partial charge < -0.3 is 10.1 Å². The van der Waals surface area contributed by atoms with Gasteiger partial charge >= 0.3 is 5.97 Å². The number of nitrogens with zero attached hydrogens (tertiary/aromatic N) is 1. The van der Waals surface area contributed by atoms with E-state index in [9.17, 15) is 18.0 Å². The van der Waals surface area contributed by atoms with Crippen LogP contribution >= 0.6 is 11.6 Å². The van der Waals surface area contributed by atoms with Crippen LogP contribution in [-0.4, -0.2) is 40.2 Å². The van der Waals surface area contributed by atoms with Gasteiger partial charge in [-0.1, -0.05) is 11.6 Å². The molecular weight excluding hydrogens is 392 g/mol. The maximum atomic E-state index is 12.4. The number of hydrogen-bond acceptors (Lipinski definition) is 5. The largest absolute Gasteiger partial charge is 0.462 e. The van der Waals surface area contributed by atoms with Gasteiger partial charge in [0.25, 0.3) is 5.91 Å². The molecule has 0 aliphatic rings. The number of ether oxygens (including phenoxy) is 1. The number of carbonyl (C=O) groups excluding carboxylic acids is 2. The van der Waals surface area contributed by atoms with Gasteiger partial charge in [0.15, 0.2) is 0 Å². The molecule has 2 aromatic carbocycles. The Kier molecular flexibility index (Phi) is 6.45. The quantitative estimate of drug-likeness (QED) is 0.738. The van der Waals surface area contributed by atoms with E-state index in [2.05, 4.69) is 5.32 Å². The Labute approximate surface area is 162 Å². The highest BCUT2D eigenvalue weighted by molar-refractivity contribution is 7.92. The van der Waals surface area contributed by atoms with E-state index in [1.54, 1.807) is 13.0 Å². The molecule has 0 unspecified atom stereocenters. The van der Waals surface area contributed by atoms with Crippen molar-refractivity contribution in [2.24, 2.45) is 0 Å². The van der Waals surface area contributed by atoms with Crippen molar-refractivity contribution in [3.05, 3.63) is 58.6 Å². The first-order valence-corrected chi connectivity index (χ1v) is 10.2. The molecule has 144 valence electrons. The summed E-state index contributed by atoms with van der Waals surface area (Å²) < 4.78 is 29.1. The molecule has 2 aromatic rings. The van der Waals surface area contributed by atoms with E-state index in [0.29, 0.717) is 16.9 Å². The van der Waals surface area contributed by atoms with Crippen LogP contribution in [0.3, 0.4) is 0 Å². The van der Waals surface area contributed by atoms with Gasteiger partial charge in [0.1, 0.15) is 0 Å². The number of halogens is 1.